The van der Waals surface area contributed by atoms with Gasteiger partial charge in [0.2, 0.25) is 17.6 Å². The molecule has 0 spiro atoms. The van der Waals surface area contributed by atoms with Crippen molar-refractivity contribution < 1.29 is 72.1 Å². The Labute approximate surface area is 527 Å². The maximum absolute atomic E-state index is 14.7. The van der Waals surface area contributed by atoms with Gasteiger partial charge in [0.05, 0.1) is 31.3 Å². The molecule has 2 amide bonds. The lowest BCUT2D eigenvalue weighted by molar-refractivity contribution is -0.265. The van der Waals surface area contributed by atoms with Crippen molar-refractivity contribution >= 4 is 58.4 Å². The summed E-state index contributed by atoms with van der Waals surface area (Å²) in [5.74, 6) is -7.55. The second-order valence-electron chi connectivity index (χ2n) is 25.3. The summed E-state index contributed by atoms with van der Waals surface area (Å²) in [5.41, 5.74) is 2.16. The quantitative estimate of drug-likeness (QED) is 0.0555. The van der Waals surface area contributed by atoms with Crippen LogP contribution in [0.5, 0.6) is 0 Å². The fourth-order valence-electron chi connectivity index (χ4n) is 13.0. The van der Waals surface area contributed by atoms with Crippen molar-refractivity contribution in [2.75, 3.05) is 72.2 Å². The number of piperazine rings is 1. The normalized spacial score (nSPS) is 33.9. The number of aliphatic hydroxyl groups is 2. The number of ether oxygens (including phenoxy) is 7. The third kappa shape index (κ3) is 19.9. The van der Waals surface area contributed by atoms with Gasteiger partial charge in [-0.3, -0.25) is 24.0 Å². The molecular weight excluding hydrogens is 1150 g/mol. The summed E-state index contributed by atoms with van der Waals surface area (Å²) in [6.45, 7) is 18.2. The van der Waals surface area contributed by atoms with E-state index in [4.69, 9.17) is 45.4 Å². The lowest BCUT2D eigenvalue weighted by Gasteiger charge is -2.42. The van der Waals surface area contributed by atoms with Gasteiger partial charge in [0.25, 0.3) is 11.7 Å². The van der Waals surface area contributed by atoms with E-state index in [2.05, 4.69) is 14.9 Å². The fraction of sp³-hybridized carbons (Fsp3) is 0.716. The summed E-state index contributed by atoms with van der Waals surface area (Å²) in [7, 11) is 4.60. The van der Waals surface area contributed by atoms with Crippen molar-refractivity contribution in [1.82, 2.24) is 19.8 Å². The maximum Gasteiger partial charge on any atom is 0.329 e. The first-order chi connectivity index (χ1) is 42.0. The molecule has 5 aliphatic rings. The maximum atomic E-state index is 14.7. The molecule has 15 atom stereocenters. The Balaban J connectivity index is 1.16. The summed E-state index contributed by atoms with van der Waals surface area (Å²) in [6.07, 6.45) is 16.3. The Hall–Kier alpha value is -5.13. The number of carbonyl (C=O) groups excluding carboxylic acids is 6. The summed E-state index contributed by atoms with van der Waals surface area (Å²) < 4.78 is 42.0. The van der Waals surface area contributed by atoms with E-state index < -0.39 is 77.8 Å². The third-order valence-electron chi connectivity index (χ3n) is 18.6. The monoisotopic (exact) mass is 1250 g/mol. The van der Waals surface area contributed by atoms with Crippen LogP contribution in [0.1, 0.15) is 151 Å². The molecule has 1 aromatic rings. The molecule has 6 rings (SSSR count). The second kappa shape index (κ2) is 34.9. The number of amides is 2. The van der Waals surface area contributed by atoms with E-state index in [1.54, 1.807) is 53.5 Å². The van der Waals surface area contributed by atoms with Crippen LogP contribution in [0.4, 0.5) is 5.95 Å². The van der Waals surface area contributed by atoms with E-state index >= 15 is 0 Å². The zero-order valence-corrected chi connectivity index (χ0v) is 54.9. The number of aryl methyl sites for hydroxylation is 1. The van der Waals surface area contributed by atoms with E-state index in [1.165, 1.54) is 12.0 Å². The number of thiocarbonyl (C=S) groups is 1. The molecule has 1 aliphatic carbocycles. The average Bonchev–Trinajstić information content (AvgIpc) is 1.16. The molecule has 3 saturated heterocycles. The molecule has 0 aromatic carbocycles. The van der Waals surface area contributed by atoms with E-state index in [0.717, 1.165) is 17.6 Å². The first-order valence-electron chi connectivity index (χ1n) is 32.1. The number of aliphatic hydroxyl groups excluding tert-OH is 1. The number of piperidine rings is 1. The third-order valence-corrected chi connectivity index (χ3v) is 18.9. The first-order valence-corrected chi connectivity index (χ1v) is 32.5. The SMILES string of the molecule is CCOCCC(=O)N1CCN(c2ncc(CCC(=S)O[C@@H]3CC[C@@H](C[C@@H](C)[C@@H]4CC(=O)[C@H](C)/C=C(\C)[C@@H](O)[C@@H](OC)C(=O)[C@H](C)C[C@H](C)/C=C/C=C/C=C(\C)[C@@H](OC)C[C@@H]5CC[C@@H](C)[C@@](O)(O5)C(=O)C(=O)N5CCCC[C@H]5C(=O)O4)C[C@H]3OC)cn2)CC1. The number of Topliss-reactive ketones (excluding diaryl/α,β-unsaturated/α-hetero) is 3. The molecule has 2 N–H and O–H groups in total. The summed E-state index contributed by atoms with van der Waals surface area (Å²) >= 11 is 5.78. The number of cyclic esters (lactones) is 1. The Morgan fingerprint density at radius 2 is 1.57 bits per heavy atom. The zero-order valence-electron chi connectivity index (χ0n) is 54.1. The van der Waals surface area contributed by atoms with Gasteiger partial charge in [0, 0.05) is 110 Å². The lowest BCUT2D eigenvalue weighted by Crippen LogP contribution is -2.61. The Morgan fingerprint density at radius 1 is 0.841 bits per heavy atom. The van der Waals surface area contributed by atoms with Crippen LogP contribution >= 0.6 is 12.2 Å². The number of nitrogens with zero attached hydrogens (tertiary/aromatic N) is 5. The topological polar surface area (TPSA) is 243 Å². The number of rotatable bonds is 15. The van der Waals surface area contributed by atoms with E-state index in [1.807, 2.05) is 69.9 Å². The zero-order chi connectivity index (χ0) is 64.2. The second-order valence-corrected chi connectivity index (χ2v) is 25.7. The van der Waals surface area contributed by atoms with Gasteiger partial charge in [-0.2, -0.15) is 0 Å². The van der Waals surface area contributed by atoms with Crippen molar-refractivity contribution in [2.24, 2.45) is 35.5 Å². The first kappa shape index (κ1) is 71.9. The van der Waals surface area contributed by atoms with Gasteiger partial charge in [-0.05, 0) is 138 Å². The highest BCUT2D eigenvalue weighted by molar-refractivity contribution is 7.80. The molecule has 490 valence electrons. The van der Waals surface area contributed by atoms with E-state index in [-0.39, 0.29) is 66.8 Å². The van der Waals surface area contributed by atoms with Crippen LogP contribution in [-0.2, 0) is 68.3 Å². The van der Waals surface area contributed by atoms with E-state index in [0.29, 0.717) is 133 Å². The number of esters is 1. The Kier molecular flexibility index (Phi) is 28.5. The Bertz CT molecular complexity index is 2620. The Morgan fingerprint density at radius 3 is 2.25 bits per heavy atom. The minimum atomic E-state index is -2.46. The molecular formula is C67H101N5O15S. The number of methoxy groups -OCH3 is 3. The van der Waals surface area contributed by atoms with Crippen molar-refractivity contribution in [2.45, 2.75) is 206 Å². The van der Waals surface area contributed by atoms with Crippen LogP contribution < -0.4 is 4.90 Å². The van der Waals surface area contributed by atoms with Crippen LogP contribution in [0.25, 0.3) is 0 Å². The molecule has 20 nitrogen and oxygen atoms in total. The summed E-state index contributed by atoms with van der Waals surface area (Å²) in [5, 5.41) is 24.2. The van der Waals surface area contributed by atoms with Crippen LogP contribution in [-0.4, -0.2) is 192 Å². The van der Waals surface area contributed by atoms with Gasteiger partial charge in [-0.15, -0.1) is 0 Å². The van der Waals surface area contributed by atoms with Gasteiger partial charge >= 0.3 is 5.97 Å². The highest BCUT2D eigenvalue weighted by Gasteiger charge is 2.53. The number of carbonyl (C=O) groups is 6. The minimum Gasteiger partial charge on any atom is -0.481 e. The number of allylic oxidation sites excluding steroid dienone is 6. The summed E-state index contributed by atoms with van der Waals surface area (Å²) in [6, 6.07) is -1.18. The number of hydrogen-bond acceptors (Lipinski definition) is 19. The van der Waals surface area contributed by atoms with Crippen molar-refractivity contribution in [3.63, 3.8) is 0 Å². The van der Waals surface area contributed by atoms with Gasteiger partial charge in [0.15, 0.2) is 10.8 Å². The number of fused-ring (bicyclic) bond motifs is 3. The predicted molar refractivity (Wildman–Crippen MR) is 337 cm³/mol. The standard InChI is InChI=1S/C67H101N5O15S/c1-12-84-33-27-58(74)70-29-31-71(32-30-70)66-68-40-50(41-69-66)23-26-59(88)85-54-25-22-49(37-57(54)82-10)36-45(5)56-39-53(73)44(4)35-47(7)61(76)62(83-11)60(75)46(6)34-42(2)18-14-13-15-19-43(3)55(81-9)38-51-24-21-48(8)67(80,87-51)63(77)64(78)72-28-17-16-20-52(72)65(79)86-56/h13-15,18-19,35,40-42,44-46,48-49,51-52,54-57,61-62,76,80H,12,16-17,20-34,36-39H2,1-11H3/b15-13+,18-14+,43-19+,47-35+/t42-,44-,45-,46-,48-,49+,51+,52+,54-,55+,56+,57-,61-,62+,67-/m1/s1. The number of ketones is 3. The molecule has 0 radical (unpaired) electrons. The smallest absolute Gasteiger partial charge is 0.329 e. The van der Waals surface area contributed by atoms with Crippen molar-refractivity contribution in [3.05, 3.63) is 65.6 Å². The predicted octanol–water partition coefficient (Wildman–Crippen LogP) is 8.03. The average molecular weight is 1250 g/mol. The van der Waals surface area contributed by atoms with Crippen LogP contribution in [0.3, 0.4) is 0 Å². The molecule has 2 bridgehead atoms. The molecule has 88 heavy (non-hydrogen) atoms. The highest BCUT2D eigenvalue weighted by atomic mass is 32.1. The lowest BCUT2D eigenvalue weighted by atomic mass is 9.78. The molecule has 4 aliphatic heterocycles. The van der Waals surface area contributed by atoms with Crippen molar-refractivity contribution in [1.29, 1.82) is 0 Å². The van der Waals surface area contributed by atoms with Gasteiger partial charge in [-0.25, -0.2) is 14.8 Å². The number of anilines is 1. The van der Waals surface area contributed by atoms with Crippen LogP contribution in [0, 0.1) is 35.5 Å². The largest absolute Gasteiger partial charge is 0.481 e. The summed E-state index contributed by atoms with van der Waals surface area (Å²) in [4.78, 5) is 99.0. The molecule has 4 fully saturated rings. The molecule has 1 aromatic heterocycles. The fourth-order valence-corrected chi connectivity index (χ4v) is 13.2. The molecule has 0 unspecified atom stereocenters. The number of aromatic nitrogens is 2. The number of hydrogen-bond donors (Lipinski definition) is 2. The van der Waals surface area contributed by atoms with E-state index in [9.17, 15) is 39.0 Å². The molecule has 21 heteroatoms. The van der Waals surface area contributed by atoms with Crippen LogP contribution in [0.2, 0.25) is 0 Å². The van der Waals surface area contributed by atoms with Gasteiger partial charge < -0.3 is 58.1 Å². The van der Waals surface area contributed by atoms with Gasteiger partial charge in [-0.1, -0.05) is 71.1 Å². The van der Waals surface area contributed by atoms with Gasteiger partial charge in [0.1, 0.15) is 36.2 Å². The van der Waals surface area contributed by atoms with Crippen LogP contribution in [0.15, 0.2) is 60.0 Å². The highest BCUT2D eigenvalue weighted by Crippen LogP contribution is 2.38. The minimum absolute atomic E-state index is 0.000580. The molecule has 5 heterocycles. The molecule has 1 saturated carbocycles. The van der Waals surface area contributed by atoms with Crippen molar-refractivity contribution in [3.8, 4) is 0 Å².